The number of benzene rings is 2. The first kappa shape index (κ1) is 16.3. The molecule has 2 aromatic carbocycles. The molecule has 0 spiro atoms. The van der Waals surface area contributed by atoms with Crippen molar-refractivity contribution in [2.45, 2.75) is 6.54 Å². The summed E-state index contributed by atoms with van der Waals surface area (Å²) in [6.07, 6.45) is 1.80. The van der Waals surface area contributed by atoms with Crippen molar-refractivity contribution in [1.82, 2.24) is 14.8 Å². The molecular formula is C20H18FN3O2. The summed E-state index contributed by atoms with van der Waals surface area (Å²) >= 11 is 0. The Morgan fingerprint density at radius 2 is 1.88 bits per heavy atom. The van der Waals surface area contributed by atoms with Crippen LogP contribution in [0.1, 0.15) is 15.9 Å². The number of nitrogens with one attached hydrogen (secondary N) is 1. The number of hydrogen-bond donors (Lipinski definition) is 1. The summed E-state index contributed by atoms with van der Waals surface area (Å²) in [4.78, 5) is 31.7. The lowest BCUT2D eigenvalue weighted by atomic mass is 10.1. The van der Waals surface area contributed by atoms with Crippen molar-refractivity contribution >= 4 is 22.7 Å². The first-order valence-electron chi connectivity index (χ1n) is 8.49. The molecule has 132 valence electrons. The molecule has 1 fully saturated rings. The lowest BCUT2D eigenvalue weighted by Gasteiger charge is -2.34. The van der Waals surface area contributed by atoms with Crippen LogP contribution in [0.25, 0.3) is 10.9 Å². The van der Waals surface area contributed by atoms with E-state index in [0.29, 0.717) is 25.2 Å². The van der Waals surface area contributed by atoms with Gasteiger partial charge in [-0.05, 0) is 35.9 Å². The fraction of sp³-hybridized carbons (Fsp3) is 0.200. The molecule has 0 unspecified atom stereocenters. The average Bonchev–Trinajstić information content (AvgIpc) is 3.13. The highest BCUT2D eigenvalue weighted by molar-refractivity contribution is 6.07. The van der Waals surface area contributed by atoms with E-state index in [4.69, 9.17) is 0 Å². The summed E-state index contributed by atoms with van der Waals surface area (Å²) in [6, 6.07) is 13.5. The maximum absolute atomic E-state index is 13.0. The second-order valence-corrected chi connectivity index (χ2v) is 6.41. The Bertz CT molecular complexity index is 965. The number of nitrogens with zero attached hydrogens (tertiary/aromatic N) is 2. The molecule has 1 saturated heterocycles. The molecule has 0 saturated carbocycles. The van der Waals surface area contributed by atoms with Crippen LogP contribution in [0.3, 0.4) is 0 Å². The molecule has 1 aliphatic heterocycles. The number of carbonyl (C=O) groups is 2. The molecular weight excluding hydrogens is 333 g/mol. The average molecular weight is 351 g/mol. The number of carbonyl (C=O) groups excluding carboxylic acids is 2. The van der Waals surface area contributed by atoms with Gasteiger partial charge in [0.1, 0.15) is 12.4 Å². The van der Waals surface area contributed by atoms with Crippen LogP contribution in [-0.4, -0.2) is 46.2 Å². The summed E-state index contributed by atoms with van der Waals surface area (Å²) in [7, 11) is 0. The van der Waals surface area contributed by atoms with Crippen LogP contribution in [0.4, 0.5) is 4.39 Å². The number of H-pyrrole nitrogens is 1. The standard InChI is InChI=1S/C20H18FN3O2/c21-15-6-4-14(5-7-15)12-23-10-11-24(13-19(23)25)20(26)17-2-1-3-18-16(17)8-9-22-18/h1-9,22H,10-13H2. The summed E-state index contributed by atoms with van der Waals surface area (Å²) in [5, 5.41) is 0.860. The number of hydrogen-bond acceptors (Lipinski definition) is 2. The van der Waals surface area contributed by atoms with Gasteiger partial charge in [-0.25, -0.2) is 4.39 Å². The maximum Gasteiger partial charge on any atom is 0.255 e. The molecule has 0 bridgehead atoms. The van der Waals surface area contributed by atoms with Crippen LogP contribution in [0.15, 0.2) is 54.7 Å². The number of rotatable bonds is 3. The van der Waals surface area contributed by atoms with Crippen LogP contribution in [0.5, 0.6) is 0 Å². The van der Waals surface area contributed by atoms with Crippen molar-refractivity contribution in [3.05, 3.63) is 71.7 Å². The zero-order chi connectivity index (χ0) is 18.1. The first-order valence-corrected chi connectivity index (χ1v) is 8.49. The van der Waals surface area contributed by atoms with Gasteiger partial charge >= 0.3 is 0 Å². The molecule has 3 aromatic rings. The molecule has 1 aliphatic rings. The Kier molecular flexibility index (Phi) is 4.16. The number of halogens is 1. The normalized spacial score (nSPS) is 14.9. The second-order valence-electron chi connectivity index (χ2n) is 6.41. The van der Waals surface area contributed by atoms with E-state index in [1.807, 2.05) is 18.2 Å². The number of piperazine rings is 1. The van der Waals surface area contributed by atoms with Crippen molar-refractivity contribution in [3.63, 3.8) is 0 Å². The maximum atomic E-state index is 13.0. The first-order chi connectivity index (χ1) is 12.6. The van der Waals surface area contributed by atoms with Crippen molar-refractivity contribution in [1.29, 1.82) is 0 Å². The highest BCUT2D eigenvalue weighted by atomic mass is 19.1. The predicted octanol–water partition coefficient (Wildman–Crippen LogP) is 2.79. The third kappa shape index (κ3) is 3.06. The van der Waals surface area contributed by atoms with E-state index in [1.54, 1.807) is 34.2 Å². The Morgan fingerprint density at radius 1 is 1.08 bits per heavy atom. The minimum atomic E-state index is -0.297. The summed E-state index contributed by atoms with van der Waals surface area (Å²) < 4.78 is 13.0. The smallest absolute Gasteiger partial charge is 0.255 e. The van der Waals surface area contributed by atoms with Crippen molar-refractivity contribution in [3.8, 4) is 0 Å². The van der Waals surface area contributed by atoms with E-state index < -0.39 is 0 Å². The topological polar surface area (TPSA) is 56.4 Å². The zero-order valence-corrected chi connectivity index (χ0v) is 14.1. The van der Waals surface area contributed by atoms with E-state index in [0.717, 1.165) is 16.5 Å². The van der Waals surface area contributed by atoms with E-state index >= 15 is 0 Å². The Labute approximate surface area is 150 Å². The molecule has 5 nitrogen and oxygen atoms in total. The van der Waals surface area contributed by atoms with Gasteiger partial charge < -0.3 is 14.8 Å². The monoisotopic (exact) mass is 351 g/mol. The lowest BCUT2D eigenvalue weighted by Crippen LogP contribution is -2.51. The van der Waals surface area contributed by atoms with Gasteiger partial charge in [0.25, 0.3) is 5.91 Å². The van der Waals surface area contributed by atoms with Crippen molar-refractivity contribution in [2.24, 2.45) is 0 Å². The van der Waals surface area contributed by atoms with Gasteiger partial charge in [-0.3, -0.25) is 9.59 Å². The van der Waals surface area contributed by atoms with Gasteiger partial charge in [-0.2, -0.15) is 0 Å². The van der Waals surface area contributed by atoms with E-state index in [1.165, 1.54) is 12.1 Å². The molecule has 0 atom stereocenters. The SMILES string of the molecule is O=C1CN(C(=O)c2cccc3[nH]ccc23)CCN1Cc1ccc(F)cc1. The van der Waals surface area contributed by atoms with Gasteiger partial charge in [-0.1, -0.05) is 18.2 Å². The van der Waals surface area contributed by atoms with Gasteiger partial charge in [0.05, 0.1) is 0 Å². The molecule has 6 heteroatoms. The molecule has 0 radical (unpaired) electrons. The fourth-order valence-corrected chi connectivity index (χ4v) is 3.30. The minimum Gasteiger partial charge on any atom is -0.361 e. The molecule has 4 rings (SSSR count). The zero-order valence-electron chi connectivity index (χ0n) is 14.1. The van der Waals surface area contributed by atoms with E-state index in [-0.39, 0.29) is 24.2 Å². The minimum absolute atomic E-state index is 0.0564. The number of amides is 2. The number of fused-ring (bicyclic) bond motifs is 1. The van der Waals surface area contributed by atoms with Crippen LogP contribution in [-0.2, 0) is 11.3 Å². The van der Waals surface area contributed by atoms with Crippen molar-refractivity contribution in [2.75, 3.05) is 19.6 Å². The van der Waals surface area contributed by atoms with Gasteiger partial charge in [0, 0.05) is 42.3 Å². The predicted molar refractivity (Wildman–Crippen MR) is 96.0 cm³/mol. The van der Waals surface area contributed by atoms with Crippen LogP contribution in [0, 0.1) is 5.82 Å². The quantitative estimate of drug-likeness (QED) is 0.789. The van der Waals surface area contributed by atoms with Crippen LogP contribution in [0.2, 0.25) is 0 Å². The lowest BCUT2D eigenvalue weighted by molar-refractivity contribution is -0.135. The van der Waals surface area contributed by atoms with Crippen molar-refractivity contribution < 1.29 is 14.0 Å². The van der Waals surface area contributed by atoms with E-state index in [2.05, 4.69) is 4.98 Å². The number of aromatic amines is 1. The Balaban J connectivity index is 1.46. The molecule has 2 amide bonds. The third-order valence-electron chi connectivity index (χ3n) is 4.72. The molecule has 1 N–H and O–H groups in total. The van der Waals surface area contributed by atoms with Crippen LogP contribution < -0.4 is 0 Å². The van der Waals surface area contributed by atoms with Gasteiger partial charge in [0.15, 0.2) is 0 Å². The second kappa shape index (κ2) is 6.63. The molecule has 0 aliphatic carbocycles. The largest absolute Gasteiger partial charge is 0.361 e. The Hall–Kier alpha value is -3.15. The molecule has 26 heavy (non-hydrogen) atoms. The summed E-state index contributed by atoms with van der Waals surface area (Å²) in [6.45, 7) is 1.42. The summed E-state index contributed by atoms with van der Waals surface area (Å²) in [5.74, 6) is -0.533. The highest BCUT2D eigenvalue weighted by Crippen LogP contribution is 2.20. The Morgan fingerprint density at radius 3 is 2.65 bits per heavy atom. The van der Waals surface area contributed by atoms with Crippen LogP contribution >= 0.6 is 0 Å². The summed E-state index contributed by atoms with van der Waals surface area (Å²) in [5.41, 5.74) is 2.37. The highest BCUT2D eigenvalue weighted by Gasteiger charge is 2.28. The third-order valence-corrected chi connectivity index (χ3v) is 4.72. The van der Waals surface area contributed by atoms with E-state index in [9.17, 15) is 14.0 Å². The molecule has 1 aromatic heterocycles. The molecule has 2 heterocycles. The number of aromatic nitrogens is 1. The fourth-order valence-electron chi connectivity index (χ4n) is 3.30. The van der Waals surface area contributed by atoms with Gasteiger partial charge in [0.2, 0.25) is 5.91 Å². The van der Waals surface area contributed by atoms with Gasteiger partial charge in [-0.15, -0.1) is 0 Å².